The minimum absolute atomic E-state index is 0.0407. The molecule has 0 radical (unpaired) electrons. The van der Waals surface area contributed by atoms with E-state index in [0.29, 0.717) is 54.9 Å². The van der Waals surface area contributed by atoms with Crippen LogP contribution >= 0.6 is 0 Å². The van der Waals surface area contributed by atoms with Gasteiger partial charge in [0.2, 0.25) is 11.8 Å². The van der Waals surface area contributed by atoms with Crippen LogP contribution in [-0.4, -0.2) is 60.7 Å². The number of imidazole rings is 1. The van der Waals surface area contributed by atoms with Gasteiger partial charge >= 0.3 is 0 Å². The molecule has 3 rings (SSSR count). The van der Waals surface area contributed by atoms with E-state index in [9.17, 15) is 5.11 Å². The molecule has 0 aromatic carbocycles. The van der Waals surface area contributed by atoms with E-state index in [0.717, 1.165) is 5.22 Å². The molecule has 0 fully saturated rings. The number of hydrogen-bond acceptors (Lipinski definition) is 8. The van der Waals surface area contributed by atoms with Crippen molar-refractivity contribution < 1.29 is 19.3 Å². The molecule has 0 bridgehead atoms. The van der Waals surface area contributed by atoms with Gasteiger partial charge in [0.05, 0.1) is 37.8 Å². The predicted octanol–water partition coefficient (Wildman–Crippen LogP) is 0.152. The first-order valence-electron chi connectivity index (χ1n) is 8.50. The monoisotopic (exact) mass is 373 g/mol. The Hall–Kier alpha value is -2.91. The van der Waals surface area contributed by atoms with Gasteiger partial charge in [0.15, 0.2) is 5.49 Å². The summed E-state index contributed by atoms with van der Waals surface area (Å²) in [4.78, 5) is 13.2. The van der Waals surface area contributed by atoms with Gasteiger partial charge in [-0.3, -0.25) is 4.57 Å². The molecule has 144 valence electrons. The topological polar surface area (TPSA) is 103 Å². The van der Waals surface area contributed by atoms with Crippen molar-refractivity contribution in [3.8, 4) is 11.6 Å². The van der Waals surface area contributed by atoms with Gasteiger partial charge in [0.1, 0.15) is 11.4 Å². The molecule has 9 nitrogen and oxygen atoms in total. The summed E-state index contributed by atoms with van der Waals surface area (Å²) in [6.07, 6.45) is 5.21. The Bertz CT molecular complexity index is 951. The fourth-order valence-corrected chi connectivity index (χ4v) is 2.72. The second kappa shape index (κ2) is 8.65. The maximum Gasteiger partial charge on any atom is 0.220 e. The number of aromatic nitrogens is 3. The Balaban J connectivity index is 1.94. The van der Waals surface area contributed by atoms with Crippen molar-refractivity contribution in [2.24, 2.45) is 4.99 Å². The third-order valence-electron chi connectivity index (χ3n) is 4.04. The van der Waals surface area contributed by atoms with Crippen LogP contribution in [0.2, 0.25) is 0 Å². The van der Waals surface area contributed by atoms with Gasteiger partial charge < -0.3 is 24.6 Å². The molecule has 0 amide bonds. The second-order valence-corrected chi connectivity index (χ2v) is 5.78. The highest BCUT2D eigenvalue weighted by Gasteiger charge is 2.16. The van der Waals surface area contributed by atoms with Crippen LogP contribution in [0.3, 0.4) is 0 Å². The van der Waals surface area contributed by atoms with Crippen molar-refractivity contribution >= 4 is 18.1 Å². The maximum absolute atomic E-state index is 10.6. The lowest BCUT2D eigenvalue weighted by molar-refractivity contribution is 0.184. The van der Waals surface area contributed by atoms with E-state index in [1.807, 2.05) is 6.08 Å². The van der Waals surface area contributed by atoms with Crippen LogP contribution in [0.4, 0.5) is 5.95 Å². The number of pyridine rings is 1. The average Bonchev–Trinajstić information content (AvgIpc) is 3.21. The Morgan fingerprint density at radius 2 is 2.04 bits per heavy atom. The summed E-state index contributed by atoms with van der Waals surface area (Å²) in [6, 6.07) is 1.78. The zero-order chi connectivity index (χ0) is 19.2. The molecule has 2 N–H and O–H groups in total. The normalized spacial score (nSPS) is 14.0. The van der Waals surface area contributed by atoms with Gasteiger partial charge in [-0.05, 0) is 18.2 Å². The lowest BCUT2D eigenvalue weighted by Gasteiger charge is -2.09. The lowest BCUT2D eigenvalue weighted by Crippen LogP contribution is -2.26. The SMILES string of the molecule is COCCNc1nc(/C=C2/C=c3c(OC)ccnc3=N2)c(O)n1CCOC. The molecule has 0 unspecified atom stereocenters. The molecule has 3 heterocycles. The molecule has 0 spiro atoms. The van der Waals surface area contributed by atoms with Crippen LogP contribution < -0.4 is 20.8 Å². The van der Waals surface area contributed by atoms with E-state index in [1.54, 1.807) is 44.2 Å². The Labute approximate surface area is 156 Å². The van der Waals surface area contributed by atoms with Crippen molar-refractivity contribution in [3.05, 3.63) is 34.4 Å². The van der Waals surface area contributed by atoms with E-state index in [4.69, 9.17) is 14.2 Å². The van der Waals surface area contributed by atoms with Crippen molar-refractivity contribution in [2.75, 3.05) is 46.4 Å². The first-order chi connectivity index (χ1) is 13.2. The number of allylic oxidation sites excluding steroid dienone is 1. The van der Waals surface area contributed by atoms with Crippen LogP contribution in [-0.2, 0) is 16.0 Å². The van der Waals surface area contributed by atoms with Crippen molar-refractivity contribution in [2.45, 2.75) is 6.54 Å². The molecule has 2 aromatic heterocycles. The van der Waals surface area contributed by atoms with Crippen molar-refractivity contribution in [1.82, 2.24) is 14.5 Å². The number of nitrogens with zero attached hydrogens (tertiary/aromatic N) is 4. The highest BCUT2D eigenvalue weighted by Crippen LogP contribution is 2.25. The summed E-state index contributed by atoms with van der Waals surface area (Å²) in [7, 11) is 4.84. The average molecular weight is 373 g/mol. The number of methoxy groups -OCH3 is 3. The number of rotatable bonds is 9. The Kier molecular flexibility index (Phi) is 6.05. The molecule has 0 saturated heterocycles. The Morgan fingerprint density at radius 1 is 1.22 bits per heavy atom. The highest BCUT2D eigenvalue weighted by atomic mass is 16.5. The second-order valence-electron chi connectivity index (χ2n) is 5.78. The highest BCUT2D eigenvalue weighted by molar-refractivity contribution is 5.68. The summed E-state index contributed by atoms with van der Waals surface area (Å²) < 4.78 is 17.2. The van der Waals surface area contributed by atoms with Gasteiger partial charge in [0.25, 0.3) is 0 Å². The first kappa shape index (κ1) is 18.9. The van der Waals surface area contributed by atoms with Crippen LogP contribution in [0.15, 0.2) is 23.0 Å². The van der Waals surface area contributed by atoms with Gasteiger partial charge in [-0.15, -0.1) is 0 Å². The van der Waals surface area contributed by atoms with Gasteiger partial charge in [-0.1, -0.05) is 0 Å². The molecule has 0 atom stereocenters. The summed E-state index contributed by atoms with van der Waals surface area (Å²) in [5.74, 6) is 1.28. The molecule has 1 aliphatic rings. The number of ether oxygens (including phenoxy) is 3. The third kappa shape index (κ3) is 4.09. The summed E-state index contributed by atoms with van der Waals surface area (Å²) in [5.41, 5.74) is 1.63. The molecule has 2 aromatic rings. The third-order valence-corrected chi connectivity index (χ3v) is 4.04. The van der Waals surface area contributed by atoms with E-state index in [-0.39, 0.29) is 5.88 Å². The zero-order valence-electron chi connectivity index (χ0n) is 15.6. The lowest BCUT2D eigenvalue weighted by atomic mass is 10.3. The van der Waals surface area contributed by atoms with Crippen LogP contribution in [0.1, 0.15) is 5.69 Å². The molecule has 27 heavy (non-hydrogen) atoms. The fraction of sp³-hybridized carbons (Fsp3) is 0.389. The van der Waals surface area contributed by atoms with Gasteiger partial charge in [-0.25, -0.2) is 15.0 Å². The summed E-state index contributed by atoms with van der Waals surface area (Å²) in [6.45, 7) is 2.00. The van der Waals surface area contributed by atoms with Crippen LogP contribution in [0.5, 0.6) is 11.6 Å². The van der Waals surface area contributed by atoms with E-state index in [2.05, 4.69) is 20.3 Å². The van der Waals surface area contributed by atoms with E-state index in [1.165, 1.54) is 0 Å². The smallest absolute Gasteiger partial charge is 0.220 e. The van der Waals surface area contributed by atoms with E-state index >= 15 is 0 Å². The number of anilines is 1. The molecular formula is C18H23N5O4. The van der Waals surface area contributed by atoms with Crippen LogP contribution in [0.25, 0.3) is 12.2 Å². The minimum atomic E-state index is 0.0407. The number of hydrogen-bond donors (Lipinski definition) is 2. The molecular weight excluding hydrogens is 350 g/mol. The number of nitrogens with one attached hydrogen (secondary N) is 1. The first-order valence-corrected chi connectivity index (χ1v) is 8.50. The number of aromatic hydroxyl groups is 1. The largest absolute Gasteiger partial charge is 0.496 e. The van der Waals surface area contributed by atoms with Crippen LogP contribution in [0, 0.1) is 0 Å². The summed E-state index contributed by atoms with van der Waals surface area (Å²) in [5, 5.41) is 14.6. The standard InChI is InChI=1S/C18H23N5O4/c1-25-8-6-20-18-22-14(17(24)23(18)7-9-26-2)11-12-10-13-15(27-3)4-5-19-16(13)21-12/h4-5,10-11,24H,6-9H2,1-3H3,(H,20,22)/b12-11-. The Morgan fingerprint density at radius 3 is 2.78 bits per heavy atom. The quantitative estimate of drug-likeness (QED) is 0.603. The molecule has 0 saturated carbocycles. The predicted molar refractivity (Wildman–Crippen MR) is 100 cm³/mol. The molecule has 9 heteroatoms. The number of fused-ring (bicyclic) bond motifs is 1. The van der Waals surface area contributed by atoms with Gasteiger partial charge in [0, 0.05) is 27.0 Å². The van der Waals surface area contributed by atoms with Crippen molar-refractivity contribution in [3.63, 3.8) is 0 Å². The summed E-state index contributed by atoms with van der Waals surface area (Å²) >= 11 is 0. The molecule has 1 aliphatic heterocycles. The maximum atomic E-state index is 10.6. The molecule has 0 aliphatic carbocycles. The van der Waals surface area contributed by atoms with Gasteiger partial charge in [-0.2, -0.15) is 0 Å². The fourth-order valence-electron chi connectivity index (χ4n) is 2.72. The van der Waals surface area contributed by atoms with E-state index < -0.39 is 0 Å². The van der Waals surface area contributed by atoms with Crippen molar-refractivity contribution in [1.29, 1.82) is 0 Å². The minimum Gasteiger partial charge on any atom is -0.496 e. The zero-order valence-corrected chi connectivity index (χ0v) is 15.6.